The van der Waals surface area contributed by atoms with Crippen molar-refractivity contribution in [1.29, 1.82) is 0 Å². The molecular formula is C46H72O15. The molecule has 0 aromatic carbocycles. The third-order valence-electron chi connectivity index (χ3n) is 17.4. The smallest absolute Gasteiger partial charge is 0.303 e. The van der Waals surface area contributed by atoms with Crippen molar-refractivity contribution in [3.05, 3.63) is 23.3 Å². The second kappa shape index (κ2) is 16.4. The van der Waals surface area contributed by atoms with Gasteiger partial charge in [0, 0.05) is 30.1 Å². The fraction of sp³-hybridized carbons (Fsp3) is 0.870. The lowest BCUT2D eigenvalue weighted by atomic mass is 9.35. The maximum atomic E-state index is 12.0. The van der Waals surface area contributed by atoms with Crippen LogP contribution in [0.15, 0.2) is 23.3 Å². The third-order valence-corrected chi connectivity index (χ3v) is 17.4. The van der Waals surface area contributed by atoms with E-state index in [1.54, 1.807) is 6.92 Å². The van der Waals surface area contributed by atoms with E-state index in [-0.39, 0.29) is 46.7 Å². The lowest BCUT2D eigenvalue weighted by molar-refractivity contribution is -0.367. The van der Waals surface area contributed by atoms with Gasteiger partial charge in [-0.1, -0.05) is 59.3 Å². The van der Waals surface area contributed by atoms with Crippen LogP contribution in [0.2, 0.25) is 0 Å². The Bertz CT molecular complexity index is 1730. The van der Waals surface area contributed by atoms with Gasteiger partial charge in [0.15, 0.2) is 18.7 Å². The molecule has 15 nitrogen and oxygen atoms in total. The molecule has 0 bridgehead atoms. The molecule has 0 aromatic heterocycles. The van der Waals surface area contributed by atoms with Gasteiger partial charge in [0.25, 0.3) is 0 Å². The van der Waals surface area contributed by atoms with Crippen LogP contribution in [0.3, 0.4) is 0 Å². The number of fused-ring (bicyclic) bond motifs is 6. The first-order valence-corrected chi connectivity index (χ1v) is 22.4. The van der Waals surface area contributed by atoms with Gasteiger partial charge in [-0.3, -0.25) is 9.59 Å². The largest absolute Gasteiger partial charge is 0.463 e. The lowest BCUT2D eigenvalue weighted by Gasteiger charge is -2.70. The van der Waals surface area contributed by atoms with Crippen molar-refractivity contribution in [3.8, 4) is 0 Å². The number of carbonyl (C=O) groups is 2. The van der Waals surface area contributed by atoms with E-state index in [2.05, 4.69) is 46.8 Å². The summed E-state index contributed by atoms with van der Waals surface area (Å²) < 4.78 is 34.9. The van der Waals surface area contributed by atoms with Crippen LogP contribution in [0.4, 0.5) is 0 Å². The predicted molar refractivity (Wildman–Crippen MR) is 218 cm³/mol. The normalized spacial score (nSPS) is 50.4. The quantitative estimate of drug-likeness (QED) is 0.131. The van der Waals surface area contributed by atoms with Crippen LogP contribution in [-0.2, 0) is 38.0 Å². The van der Waals surface area contributed by atoms with E-state index in [4.69, 9.17) is 28.4 Å². The molecule has 15 heteroatoms. The van der Waals surface area contributed by atoms with Crippen LogP contribution < -0.4 is 0 Å². The number of hydrogen-bond donors (Lipinski definition) is 7. The van der Waals surface area contributed by atoms with Crippen LogP contribution in [0.25, 0.3) is 0 Å². The number of rotatable bonds is 9. The van der Waals surface area contributed by atoms with Crippen LogP contribution in [0, 0.1) is 44.3 Å². The molecule has 5 aliphatic carbocycles. The summed E-state index contributed by atoms with van der Waals surface area (Å²) in [6, 6.07) is 0. The molecule has 346 valence electrons. The number of allylic oxidation sites excluding steroid dienone is 3. The molecular weight excluding hydrogens is 792 g/mol. The number of hydrogen-bond acceptors (Lipinski definition) is 15. The molecule has 7 N–H and O–H groups in total. The Kier molecular flexibility index (Phi) is 12.7. The minimum absolute atomic E-state index is 0.0108. The molecule has 2 aliphatic heterocycles. The molecule has 2 saturated heterocycles. The first-order chi connectivity index (χ1) is 28.4. The van der Waals surface area contributed by atoms with E-state index in [0.717, 1.165) is 45.4 Å². The molecule has 61 heavy (non-hydrogen) atoms. The SMILES string of the molecule is CC(=O)OCC1OC(OC2C(O)C(C)OC(OC3CCC4(C)C(CCC5(C)C4C=CC4=C6CC(C)(C)CCC6(CO)C(O)CC45C)C3(C)CO)C2O)C(O)C(OC(C)=O)C1O. The van der Waals surface area contributed by atoms with Crippen molar-refractivity contribution in [2.24, 2.45) is 44.3 Å². The summed E-state index contributed by atoms with van der Waals surface area (Å²) in [5, 5.41) is 79.4. The highest BCUT2D eigenvalue weighted by atomic mass is 16.7. The zero-order valence-electron chi connectivity index (χ0n) is 37.4. The van der Waals surface area contributed by atoms with Crippen molar-refractivity contribution >= 4 is 11.9 Å². The first-order valence-electron chi connectivity index (χ1n) is 22.4. The fourth-order valence-electron chi connectivity index (χ4n) is 13.5. The number of aliphatic hydroxyl groups excluding tert-OH is 7. The van der Waals surface area contributed by atoms with Gasteiger partial charge in [-0.15, -0.1) is 0 Å². The monoisotopic (exact) mass is 864 g/mol. The highest BCUT2D eigenvalue weighted by Gasteiger charge is 2.69. The number of esters is 2. The molecule has 19 unspecified atom stereocenters. The van der Waals surface area contributed by atoms with Crippen molar-refractivity contribution in [2.45, 2.75) is 187 Å². The van der Waals surface area contributed by atoms with Crippen molar-refractivity contribution in [3.63, 3.8) is 0 Å². The molecule has 0 spiro atoms. The Morgan fingerprint density at radius 2 is 1.46 bits per heavy atom. The van der Waals surface area contributed by atoms with Crippen molar-refractivity contribution in [1.82, 2.24) is 0 Å². The number of aliphatic hydroxyl groups is 7. The van der Waals surface area contributed by atoms with Gasteiger partial charge in [0.05, 0.1) is 31.5 Å². The van der Waals surface area contributed by atoms with E-state index >= 15 is 0 Å². The summed E-state index contributed by atoms with van der Waals surface area (Å²) >= 11 is 0. The molecule has 5 fully saturated rings. The zero-order valence-corrected chi connectivity index (χ0v) is 37.4. The molecule has 7 aliphatic rings. The number of carbonyl (C=O) groups excluding carboxylic acids is 2. The summed E-state index contributed by atoms with van der Waals surface area (Å²) in [6.07, 6.45) is -5.17. The minimum atomic E-state index is -1.76. The lowest BCUT2D eigenvalue weighted by Crippen LogP contribution is -2.67. The Morgan fingerprint density at radius 1 is 0.787 bits per heavy atom. The van der Waals surface area contributed by atoms with Crippen LogP contribution in [-0.4, -0.2) is 141 Å². The van der Waals surface area contributed by atoms with Crippen LogP contribution in [0.1, 0.15) is 114 Å². The van der Waals surface area contributed by atoms with Gasteiger partial charge < -0.3 is 64.2 Å². The molecule has 19 atom stereocenters. The Balaban J connectivity index is 1.13. The van der Waals surface area contributed by atoms with Gasteiger partial charge in [0.2, 0.25) is 0 Å². The summed E-state index contributed by atoms with van der Waals surface area (Å²) in [7, 11) is 0. The molecule has 7 rings (SSSR count). The predicted octanol–water partition coefficient (Wildman–Crippen LogP) is 2.82. The highest BCUT2D eigenvalue weighted by molar-refractivity contribution is 5.66. The summed E-state index contributed by atoms with van der Waals surface area (Å²) in [5.41, 5.74) is 0.301. The van der Waals surface area contributed by atoms with E-state index in [9.17, 15) is 45.3 Å². The van der Waals surface area contributed by atoms with E-state index < -0.39 is 103 Å². The summed E-state index contributed by atoms with van der Waals surface area (Å²) in [4.78, 5) is 23.5. The Hall–Kier alpha value is -2.02. The molecule has 3 saturated carbocycles. The average molecular weight is 865 g/mol. The van der Waals surface area contributed by atoms with E-state index in [1.165, 1.54) is 18.1 Å². The van der Waals surface area contributed by atoms with Gasteiger partial charge in [-0.05, 0) is 91.9 Å². The Morgan fingerprint density at radius 3 is 2.10 bits per heavy atom. The second-order valence-electron chi connectivity index (χ2n) is 21.5. The maximum absolute atomic E-state index is 12.0. The zero-order chi connectivity index (χ0) is 44.8. The maximum Gasteiger partial charge on any atom is 0.303 e. The fourth-order valence-corrected chi connectivity index (χ4v) is 13.5. The molecule has 2 heterocycles. The van der Waals surface area contributed by atoms with Gasteiger partial charge in [-0.25, -0.2) is 0 Å². The molecule has 0 amide bonds. The standard InChI is InChI=1S/C46H72O15/c1-23-33(52)37(61-40-36(55)38(58-25(3)50)34(53)28(59-40)20-56-24(2)49)35(54)39(57-23)60-32-13-14-42(6)29(43(32,7)21-47)12-15-44(8)30(42)11-10-26-27-18-41(4,5)16-17-46(27,22-48)31(51)19-45(26,44)9/h10-11,23,28-40,47-48,51-55H,12-22H2,1-9H3. The second-order valence-corrected chi connectivity index (χ2v) is 21.5. The highest BCUT2D eigenvalue weighted by Crippen LogP contribution is 2.74. The van der Waals surface area contributed by atoms with Gasteiger partial charge in [-0.2, -0.15) is 0 Å². The number of ether oxygens (including phenoxy) is 6. The van der Waals surface area contributed by atoms with Crippen molar-refractivity contribution in [2.75, 3.05) is 19.8 Å². The van der Waals surface area contributed by atoms with E-state index in [0.29, 0.717) is 12.8 Å². The first kappa shape index (κ1) is 47.0. The minimum Gasteiger partial charge on any atom is -0.463 e. The van der Waals surface area contributed by atoms with Gasteiger partial charge >= 0.3 is 11.9 Å². The molecule has 0 aromatic rings. The van der Waals surface area contributed by atoms with Crippen LogP contribution in [0.5, 0.6) is 0 Å². The summed E-state index contributed by atoms with van der Waals surface area (Å²) in [5.74, 6) is -1.37. The van der Waals surface area contributed by atoms with Gasteiger partial charge in [0.1, 0.15) is 43.2 Å². The van der Waals surface area contributed by atoms with Crippen molar-refractivity contribution < 1.29 is 73.8 Å². The average Bonchev–Trinajstić information content (AvgIpc) is 3.18. The van der Waals surface area contributed by atoms with E-state index in [1.807, 2.05) is 6.92 Å². The Labute approximate surface area is 359 Å². The topological polar surface area (TPSA) is 231 Å². The van der Waals surface area contributed by atoms with Crippen LogP contribution >= 0.6 is 0 Å². The third kappa shape index (κ3) is 7.47. The summed E-state index contributed by atoms with van der Waals surface area (Å²) in [6.45, 7) is 16.8. The molecule has 0 radical (unpaired) electrons.